The Kier molecular flexibility index (Phi) is 3.89. The minimum Gasteiger partial charge on any atom is -0.480 e. The zero-order valence-electron chi connectivity index (χ0n) is 8.88. The van der Waals surface area contributed by atoms with Crippen molar-refractivity contribution in [2.24, 2.45) is 5.92 Å². The second-order valence-electron chi connectivity index (χ2n) is 4.17. The van der Waals surface area contributed by atoms with E-state index < -0.39 is 11.5 Å². The van der Waals surface area contributed by atoms with Crippen LogP contribution in [0.2, 0.25) is 0 Å². The van der Waals surface area contributed by atoms with Crippen molar-refractivity contribution in [2.45, 2.75) is 31.7 Å². The van der Waals surface area contributed by atoms with Gasteiger partial charge in [0.1, 0.15) is 5.54 Å². The van der Waals surface area contributed by atoms with Gasteiger partial charge in [0.25, 0.3) is 0 Å². The van der Waals surface area contributed by atoms with Gasteiger partial charge in [-0.2, -0.15) is 0 Å². The Hall–Kier alpha value is -0.610. The third-order valence-electron chi connectivity index (χ3n) is 2.78. The Balaban J connectivity index is 2.15. The summed E-state index contributed by atoms with van der Waals surface area (Å²) in [4.78, 5) is 10.9. The van der Waals surface area contributed by atoms with Crippen LogP contribution in [-0.2, 0) is 9.53 Å². The monoisotopic (exact) mass is 201 g/mol. The third kappa shape index (κ3) is 3.27. The smallest absolute Gasteiger partial charge is 0.326 e. The quantitative estimate of drug-likeness (QED) is 0.600. The molecule has 0 aliphatic heterocycles. The summed E-state index contributed by atoms with van der Waals surface area (Å²) in [7, 11) is 1.64. The van der Waals surface area contributed by atoms with Crippen LogP contribution in [0.5, 0.6) is 0 Å². The van der Waals surface area contributed by atoms with Gasteiger partial charge in [-0.25, -0.2) is 0 Å². The van der Waals surface area contributed by atoms with E-state index in [-0.39, 0.29) is 6.61 Å². The summed E-state index contributed by atoms with van der Waals surface area (Å²) in [6.45, 7) is 2.53. The molecule has 2 N–H and O–H groups in total. The van der Waals surface area contributed by atoms with Crippen molar-refractivity contribution in [1.29, 1.82) is 0 Å². The van der Waals surface area contributed by atoms with Crippen LogP contribution in [0, 0.1) is 5.92 Å². The number of hydrogen-bond donors (Lipinski definition) is 2. The van der Waals surface area contributed by atoms with Gasteiger partial charge >= 0.3 is 5.97 Å². The molecule has 0 aromatic rings. The van der Waals surface area contributed by atoms with Gasteiger partial charge in [0.2, 0.25) is 0 Å². The highest BCUT2D eigenvalue weighted by atomic mass is 16.5. The van der Waals surface area contributed by atoms with Crippen molar-refractivity contribution in [3.8, 4) is 0 Å². The second-order valence-corrected chi connectivity index (χ2v) is 4.17. The number of likely N-dealkylation sites (N-methyl/N-ethyl adjacent to an activating group) is 1. The first-order valence-corrected chi connectivity index (χ1v) is 5.08. The predicted molar refractivity (Wildman–Crippen MR) is 53.3 cm³/mol. The van der Waals surface area contributed by atoms with Crippen LogP contribution in [0.3, 0.4) is 0 Å². The lowest BCUT2D eigenvalue weighted by Crippen LogP contribution is -2.51. The first kappa shape index (κ1) is 11.5. The highest BCUT2D eigenvalue weighted by Gasteiger charge is 2.31. The van der Waals surface area contributed by atoms with E-state index in [0.717, 1.165) is 12.3 Å². The van der Waals surface area contributed by atoms with Gasteiger partial charge in [0.05, 0.1) is 6.61 Å². The molecule has 0 spiro atoms. The summed E-state index contributed by atoms with van der Waals surface area (Å²) in [5, 5.41) is 11.7. The number of carbonyl (C=O) groups is 1. The number of nitrogens with one attached hydrogen (secondary N) is 1. The molecule has 0 radical (unpaired) electrons. The van der Waals surface area contributed by atoms with Gasteiger partial charge in [-0.05, 0) is 26.3 Å². The van der Waals surface area contributed by atoms with Gasteiger partial charge in [-0.1, -0.05) is 12.8 Å². The minimum atomic E-state index is -0.955. The molecular formula is C10H19NO3. The standard InChI is InChI=1S/C10H19NO3/c1-10(11-2,9(12)13)7-14-6-5-8-3-4-8/h8,11H,3-7H2,1-2H3,(H,12,13). The molecule has 0 amide bonds. The Morgan fingerprint density at radius 1 is 1.64 bits per heavy atom. The number of aliphatic carboxylic acids is 1. The first-order valence-electron chi connectivity index (χ1n) is 5.08. The largest absolute Gasteiger partial charge is 0.480 e. The summed E-state index contributed by atoms with van der Waals surface area (Å²) in [5.41, 5.74) is -0.955. The normalized spacial score (nSPS) is 20.4. The van der Waals surface area contributed by atoms with E-state index in [2.05, 4.69) is 5.32 Å². The number of hydrogen-bond acceptors (Lipinski definition) is 3. The molecule has 0 aromatic carbocycles. The molecule has 0 aromatic heterocycles. The van der Waals surface area contributed by atoms with Crippen LogP contribution < -0.4 is 5.32 Å². The fourth-order valence-corrected chi connectivity index (χ4v) is 1.17. The molecule has 1 aliphatic carbocycles. The molecule has 82 valence electrons. The van der Waals surface area contributed by atoms with Crippen LogP contribution in [0.25, 0.3) is 0 Å². The predicted octanol–water partition coefficient (Wildman–Crippen LogP) is 0.866. The van der Waals surface area contributed by atoms with Crippen LogP contribution in [-0.4, -0.2) is 36.9 Å². The Labute approximate surface area is 84.6 Å². The lowest BCUT2D eigenvalue weighted by atomic mass is 10.1. The molecule has 1 unspecified atom stereocenters. The molecule has 4 nitrogen and oxygen atoms in total. The van der Waals surface area contributed by atoms with Crippen LogP contribution >= 0.6 is 0 Å². The van der Waals surface area contributed by atoms with E-state index in [1.165, 1.54) is 12.8 Å². The van der Waals surface area contributed by atoms with Crippen molar-refractivity contribution in [1.82, 2.24) is 5.32 Å². The van der Waals surface area contributed by atoms with E-state index in [9.17, 15) is 4.79 Å². The van der Waals surface area contributed by atoms with E-state index in [1.807, 2.05) is 0 Å². The molecule has 1 aliphatic rings. The molecule has 1 fully saturated rings. The van der Waals surface area contributed by atoms with Crippen molar-refractivity contribution >= 4 is 5.97 Å². The van der Waals surface area contributed by atoms with Crippen molar-refractivity contribution in [3.63, 3.8) is 0 Å². The fourth-order valence-electron chi connectivity index (χ4n) is 1.17. The summed E-state index contributed by atoms with van der Waals surface area (Å²) in [5.74, 6) is -0.0351. The Bertz CT molecular complexity index is 204. The molecule has 1 atom stereocenters. The average Bonchev–Trinajstić information content (AvgIpc) is 2.95. The van der Waals surface area contributed by atoms with Crippen LogP contribution in [0.1, 0.15) is 26.2 Å². The molecule has 1 saturated carbocycles. The topological polar surface area (TPSA) is 58.6 Å². The molecule has 1 rings (SSSR count). The van der Waals surface area contributed by atoms with E-state index in [4.69, 9.17) is 9.84 Å². The fraction of sp³-hybridized carbons (Fsp3) is 0.900. The van der Waals surface area contributed by atoms with Crippen LogP contribution in [0.4, 0.5) is 0 Å². The van der Waals surface area contributed by atoms with Gasteiger partial charge in [-0.3, -0.25) is 4.79 Å². The lowest BCUT2D eigenvalue weighted by molar-refractivity contribution is -0.146. The number of ether oxygens (including phenoxy) is 1. The first-order chi connectivity index (χ1) is 6.58. The van der Waals surface area contributed by atoms with Crippen molar-refractivity contribution in [3.05, 3.63) is 0 Å². The van der Waals surface area contributed by atoms with Crippen molar-refractivity contribution in [2.75, 3.05) is 20.3 Å². The van der Waals surface area contributed by atoms with E-state index >= 15 is 0 Å². The number of rotatable bonds is 7. The zero-order chi connectivity index (χ0) is 10.6. The maximum Gasteiger partial charge on any atom is 0.326 e. The van der Waals surface area contributed by atoms with Gasteiger partial charge in [0, 0.05) is 6.61 Å². The molecule has 0 bridgehead atoms. The molecule has 14 heavy (non-hydrogen) atoms. The summed E-state index contributed by atoms with van der Waals surface area (Å²) < 4.78 is 5.36. The Morgan fingerprint density at radius 3 is 2.71 bits per heavy atom. The average molecular weight is 201 g/mol. The zero-order valence-corrected chi connectivity index (χ0v) is 8.88. The Morgan fingerprint density at radius 2 is 2.29 bits per heavy atom. The molecule has 0 heterocycles. The maximum absolute atomic E-state index is 10.9. The van der Waals surface area contributed by atoms with Crippen molar-refractivity contribution < 1.29 is 14.6 Å². The summed E-state index contributed by atoms with van der Waals surface area (Å²) >= 11 is 0. The number of carboxylic acid groups (broad SMARTS) is 1. The highest BCUT2D eigenvalue weighted by Crippen LogP contribution is 2.32. The van der Waals surface area contributed by atoms with E-state index in [0.29, 0.717) is 6.61 Å². The van der Waals surface area contributed by atoms with E-state index in [1.54, 1.807) is 14.0 Å². The number of carboxylic acids is 1. The molecule has 0 saturated heterocycles. The third-order valence-corrected chi connectivity index (χ3v) is 2.78. The maximum atomic E-state index is 10.9. The van der Waals surface area contributed by atoms with Gasteiger partial charge in [0.15, 0.2) is 0 Å². The highest BCUT2D eigenvalue weighted by molar-refractivity contribution is 5.78. The summed E-state index contributed by atoms with van der Waals surface area (Å²) in [6.07, 6.45) is 3.69. The SMILES string of the molecule is CNC(C)(COCCC1CC1)C(=O)O. The minimum absolute atomic E-state index is 0.228. The van der Waals surface area contributed by atoms with Gasteiger partial charge in [-0.15, -0.1) is 0 Å². The molecular weight excluding hydrogens is 182 g/mol. The van der Waals surface area contributed by atoms with Crippen LogP contribution in [0.15, 0.2) is 0 Å². The molecule has 4 heteroatoms. The van der Waals surface area contributed by atoms with Gasteiger partial charge < -0.3 is 15.2 Å². The lowest BCUT2D eigenvalue weighted by Gasteiger charge is -2.23. The second kappa shape index (κ2) is 4.75. The summed E-state index contributed by atoms with van der Waals surface area (Å²) in [6, 6.07) is 0.